The Balaban J connectivity index is 1.53. The maximum absolute atomic E-state index is 12.4. The minimum atomic E-state index is -0.601. The van der Waals surface area contributed by atoms with Crippen molar-refractivity contribution in [2.75, 3.05) is 20.2 Å². The molecule has 2 aromatic carbocycles. The number of non-ortho nitro benzene ring substituents is 1. The Morgan fingerprint density at radius 1 is 1.35 bits per heavy atom. The number of phenolic OH excluding ortho intramolecular Hbond substituents is 1. The first-order chi connectivity index (χ1) is 14.9. The number of hydrazone groups is 1. The number of aromatic hydroxyl groups is 1. The van der Waals surface area contributed by atoms with Gasteiger partial charge in [0.2, 0.25) is 5.91 Å². The summed E-state index contributed by atoms with van der Waals surface area (Å²) >= 11 is 5.91. The fraction of sp³-hybridized carbons (Fsp3) is 0.333. The van der Waals surface area contributed by atoms with Crippen LogP contribution in [0.3, 0.4) is 0 Å². The number of amides is 1. The third-order valence-electron chi connectivity index (χ3n) is 5.18. The first kappa shape index (κ1) is 22.5. The number of halogens is 1. The standard InChI is InChI=1S/C21H23ClN4O5/c1-31-19-11-18(26(29)30)10-16(20(19)27)12-23-24-21(28)15-6-8-25(9-7-15)13-14-2-4-17(22)5-3-14/h2-5,10-12,15,27H,6-9,13H2,1H3,(H,24,28)/b23-12+. The Labute approximate surface area is 184 Å². The number of phenols is 1. The molecule has 0 aliphatic carbocycles. The molecule has 0 unspecified atom stereocenters. The predicted molar refractivity (Wildman–Crippen MR) is 117 cm³/mol. The molecule has 1 aliphatic heterocycles. The molecule has 1 aliphatic rings. The molecule has 1 fully saturated rings. The average Bonchev–Trinajstić information content (AvgIpc) is 2.76. The van der Waals surface area contributed by atoms with E-state index in [0.717, 1.165) is 31.8 Å². The van der Waals surface area contributed by atoms with Crippen LogP contribution in [0, 0.1) is 16.0 Å². The van der Waals surface area contributed by atoms with Gasteiger partial charge in [-0.1, -0.05) is 23.7 Å². The molecule has 2 N–H and O–H groups in total. The Bertz CT molecular complexity index is 972. The topological polar surface area (TPSA) is 117 Å². The van der Waals surface area contributed by atoms with Gasteiger partial charge in [0.05, 0.1) is 24.3 Å². The van der Waals surface area contributed by atoms with Gasteiger partial charge < -0.3 is 9.84 Å². The highest BCUT2D eigenvalue weighted by Gasteiger charge is 2.25. The van der Waals surface area contributed by atoms with E-state index >= 15 is 0 Å². The molecule has 0 atom stereocenters. The van der Waals surface area contributed by atoms with E-state index in [2.05, 4.69) is 15.4 Å². The van der Waals surface area contributed by atoms with Gasteiger partial charge in [0, 0.05) is 29.1 Å². The summed E-state index contributed by atoms with van der Waals surface area (Å²) < 4.78 is 4.94. The van der Waals surface area contributed by atoms with Crippen molar-refractivity contribution in [3.63, 3.8) is 0 Å². The number of rotatable bonds is 7. The molecule has 0 bridgehead atoms. The van der Waals surface area contributed by atoms with Crippen LogP contribution >= 0.6 is 11.6 Å². The van der Waals surface area contributed by atoms with Gasteiger partial charge in [-0.2, -0.15) is 5.10 Å². The van der Waals surface area contributed by atoms with Gasteiger partial charge in [-0.3, -0.25) is 19.8 Å². The number of nitrogens with one attached hydrogen (secondary N) is 1. The van der Waals surface area contributed by atoms with Gasteiger partial charge in [0.1, 0.15) is 0 Å². The van der Waals surface area contributed by atoms with Crippen LogP contribution in [-0.2, 0) is 11.3 Å². The van der Waals surface area contributed by atoms with Crippen molar-refractivity contribution in [1.29, 1.82) is 0 Å². The highest BCUT2D eigenvalue weighted by molar-refractivity contribution is 6.30. The van der Waals surface area contributed by atoms with Crippen LogP contribution in [0.15, 0.2) is 41.5 Å². The quantitative estimate of drug-likeness (QED) is 0.382. The van der Waals surface area contributed by atoms with Crippen molar-refractivity contribution in [1.82, 2.24) is 10.3 Å². The fourth-order valence-electron chi connectivity index (χ4n) is 3.43. The minimum Gasteiger partial charge on any atom is -0.504 e. The molecular formula is C21H23ClN4O5. The van der Waals surface area contributed by atoms with Crippen molar-refractivity contribution >= 4 is 29.4 Å². The second kappa shape index (κ2) is 10.2. The Hall–Kier alpha value is -3.17. The van der Waals surface area contributed by atoms with Crippen LogP contribution in [0.5, 0.6) is 11.5 Å². The highest BCUT2D eigenvalue weighted by Crippen LogP contribution is 2.33. The summed E-state index contributed by atoms with van der Waals surface area (Å²) in [6.45, 7) is 2.37. The number of benzene rings is 2. The van der Waals surface area contributed by atoms with Crippen molar-refractivity contribution < 1.29 is 19.6 Å². The number of likely N-dealkylation sites (tertiary alicyclic amines) is 1. The SMILES string of the molecule is COc1cc([N+](=O)[O-])cc(/C=N/NC(=O)C2CCN(Cc3ccc(Cl)cc3)CC2)c1O. The minimum absolute atomic E-state index is 0.0463. The van der Waals surface area contributed by atoms with Crippen molar-refractivity contribution in [3.05, 3.63) is 62.7 Å². The number of methoxy groups -OCH3 is 1. The summed E-state index contributed by atoms with van der Waals surface area (Å²) in [7, 11) is 1.29. The zero-order valence-electron chi connectivity index (χ0n) is 17.0. The van der Waals surface area contributed by atoms with Gasteiger partial charge in [0.25, 0.3) is 5.69 Å². The Morgan fingerprint density at radius 2 is 2.03 bits per heavy atom. The number of nitro groups is 1. The predicted octanol–water partition coefficient (Wildman–Crippen LogP) is 3.32. The van der Waals surface area contributed by atoms with Crippen LogP contribution in [0.4, 0.5) is 5.69 Å². The molecule has 3 rings (SSSR count). The van der Waals surface area contributed by atoms with E-state index in [1.165, 1.54) is 18.9 Å². The third-order valence-corrected chi connectivity index (χ3v) is 5.43. The molecule has 1 amide bonds. The van der Waals surface area contributed by atoms with E-state index in [1.807, 2.05) is 24.3 Å². The maximum atomic E-state index is 12.4. The molecule has 31 heavy (non-hydrogen) atoms. The third kappa shape index (κ3) is 5.93. The van der Waals surface area contributed by atoms with Gasteiger partial charge >= 0.3 is 0 Å². The van der Waals surface area contributed by atoms with Crippen molar-refractivity contribution in [3.8, 4) is 11.5 Å². The lowest BCUT2D eigenvalue weighted by atomic mass is 9.96. The van der Waals surface area contributed by atoms with Gasteiger partial charge in [-0.05, 0) is 43.6 Å². The molecule has 0 aromatic heterocycles. The van der Waals surface area contributed by atoms with E-state index in [0.29, 0.717) is 17.9 Å². The molecule has 164 valence electrons. The van der Waals surface area contributed by atoms with Crippen LogP contribution in [0.2, 0.25) is 5.02 Å². The van der Waals surface area contributed by atoms with E-state index in [4.69, 9.17) is 16.3 Å². The maximum Gasteiger partial charge on any atom is 0.274 e. The number of carbonyl (C=O) groups is 1. The van der Waals surface area contributed by atoms with Crippen LogP contribution < -0.4 is 10.2 Å². The smallest absolute Gasteiger partial charge is 0.274 e. The number of ether oxygens (including phenoxy) is 1. The summed E-state index contributed by atoms with van der Waals surface area (Å²) in [4.78, 5) is 25.1. The zero-order chi connectivity index (χ0) is 22.4. The molecular weight excluding hydrogens is 424 g/mol. The summed E-state index contributed by atoms with van der Waals surface area (Å²) in [6.07, 6.45) is 2.56. The summed E-state index contributed by atoms with van der Waals surface area (Å²) in [5.41, 5.74) is 3.45. The van der Waals surface area contributed by atoms with Gasteiger partial charge in [-0.25, -0.2) is 5.43 Å². The number of piperidine rings is 1. The molecule has 1 heterocycles. The Morgan fingerprint density at radius 3 is 2.65 bits per heavy atom. The number of nitrogens with zero attached hydrogens (tertiary/aromatic N) is 3. The second-order valence-corrected chi connectivity index (χ2v) is 7.69. The second-order valence-electron chi connectivity index (χ2n) is 7.25. The Kier molecular flexibility index (Phi) is 7.43. The molecule has 2 aromatic rings. The lowest BCUT2D eigenvalue weighted by molar-refractivity contribution is -0.385. The first-order valence-corrected chi connectivity index (χ1v) is 10.1. The fourth-order valence-corrected chi connectivity index (χ4v) is 3.56. The normalized spacial score (nSPS) is 15.2. The zero-order valence-corrected chi connectivity index (χ0v) is 17.7. The lowest BCUT2D eigenvalue weighted by Gasteiger charge is -2.30. The molecule has 0 radical (unpaired) electrons. The average molecular weight is 447 g/mol. The van der Waals surface area contributed by atoms with Crippen LogP contribution in [0.25, 0.3) is 0 Å². The molecule has 10 heteroatoms. The lowest BCUT2D eigenvalue weighted by Crippen LogP contribution is -2.39. The van der Waals surface area contributed by atoms with Crippen molar-refractivity contribution in [2.45, 2.75) is 19.4 Å². The van der Waals surface area contributed by atoms with E-state index in [9.17, 15) is 20.0 Å². The highest BCUT2D eigenvalue weighted by atomic mass is 35.5. The summed E-state index contributed by atoms with van der Waals surface area (Å²) in [5.74, 6) is -0.734. The largest absolute Gasteiger partial charge is 0.504 e. The van der Waals surface area contributed by atoms with E-state index < -0.39 is 4.92 Å². The van der Waals surface area contributed by atoms with E-state index in [1.54, 1.807) is 0 Å². The molecule has 0 saturated carbocycles. The number of carbonyl (C=O) groups excluding carboxylic acids is 1. The van der Waals surface area contributed by atoms with E-state index in [-0.39, 0.29) is 34.6 Å². The molecule has 9 nitrogen and oxygen atoms in total. The molecule has 0 spiro atoms. The monoisotopic (exact) mass is 446 g/mol. The number of hydrogen-bond donors (Lipinski definition) is 2. The van der Waals surface area contributed by atoms with Gasteiger partial charge in [0.15, 0.2) is 11.5 Å². The van der Waals surface area contributed by atoms with Crippen molar-refractivity contribution in [2.24, 2.45) is 11.0 Å². The molecule has 1 saturated heterocycles. The van der Waals surface area contributed by atoms with Crippen LogP contribution in [0.1, 0.15) is 24.0 Å². The first-order valence-electron chi connectivity index (χ1n) is 9.72. The summed E-state index contributed by atoms with van der Waals surface area (Å²) in [6, 6.07) is 9.99. The van der Waals surface area contributed by atoms with Gasteiger partial charge in [-0.15, -0.1) is 0 Å². The number of hydrogen-bond acceptors (Lipinski definition) is 7. The summed E-state index contributed by atoms with van der Waals surface area (Å²) in [5, 5.41) is 25.7. The number of nitro benzene ring substituents is 1. The van der Waals surface area contributed by atoms with Crippen LogP contribution in [-0.4, -0.2) is 47.3 Å².